The fraction of sp³-hybridized carbons (Fsp3) is 0.300. The van der Waals surface area contributed by atoms with Gasteiger partial charge in [-0.3, -0.25) is 63.0 Å². The van der Waals surface area contributed by atoms with Gasteiger partial charge in [-0.2, -0.15) is 0 Å². The Hall–Kier alpha value is -9.46. The molecule has 80 heavy (non-hydrogen) atoms. The van der Waals surface area contributed by atoms with Gasteiger partial charge >= 0.3 is 0 Å². The van der Waals surface area contributed by atoms with Crippen molar-refractivity contribution in [1.82, 2.24) is 20.9 Å². The molecule has 20 nitrogen and oxygen atoms in total. The first-order valence-electron chi connectivity index (χ1n) is 26.5. The van der Waals surface area contributed by atoms with Gasteiger partial charge in [0, 0.05) is 92.5 Å². The highest BCUT2D eigenvalue weighted by atomic mass is 16.5. The Labute approximate surface area is 461 Å². The molecule has 5 aromatic carbocycles. The van der Waals surface area contributed by atoms with Gasteiger partial charge in [0.25, 0.3) is 23.6 Å². The fourth-order valence-corrected chi connectivity index (χ4v) is 10.4. The molecule has 8 amide bonds. The normalized spacial score (nSPS) is 17.0. The van der Waals surface area contributed by atoms with Crippen LogP contribution in [-0.4, -0.2) is 109 Å². The summed E-state index contributed by atoms with van der Waals surface area (Å²) < 4.78 is 18.6. The number of hydrogen-bond acceptors (Lipinski definition) is 13. The molecule has 4 atom stereocenters. The highest BCUT2D eigenvalue weighted by molar-refractivity contribution is 6.16. The summed E-state index contributed by atoms with van der Waals surface area (Å²) in [5.74, 6) is -1.93. The first-order chi connectivity index (χ1) is 38.6. The average molecular weight is 1080 g/mol. The topological polar surface area (TPSA) is 247 Å². The molecule has 0 radical (unpaired) electrons. The average Bonchev–Trinajstić information content (AvgIpc) is 4.18. The van der Waals surface area contributed by atoms with Crippen molar-refractivity contribution in [3.05, 3.63) is 142 Å². The van der Waals surface area contributed by atoms with Gasteiger partial charge in [0.15, 0.2) is 11.5 Å². The number of anilines is 3. The van der Waals surface area contributed by atoms with Crippen LogP contribution in [0.3, 0.4) is 0 Å². The smallest absolute Gasteiger partial charge is 0.261 e. The number of amides is 8. The third kappa shape index (κ3) is 11.5. The molecule has 20 heteroatoms. The number of nitrogens with zero attached hydrogens (tertiary/aromatic N) is 5. The number of carbonyl (C=O) groups excluding carboxylic acids is 8. The molecule has 0 bridgehead atoms. The first-order valence-corrected chi connectivity index (χ1v) is 26.5. The number of aryl methyl sites for hydroxylation is 1. The van der Waals surface area contributed by atoms with Gasteiger partial charge in [0.2, 0.25) is 23.6 Å². The lowest BCUT2D eigenvalue weighted by molar-refractivity contribution is -0.137. The Morgan fingerprint density at radius 2 is 1.18 bits per heavy atom. The molecule has 5 aliphatic heterocycles. The van der Waals surface area contributed by atoms with Crippen molar-refractivity contribution >= 4 is 88.1 Å². The van der Waals surface area contributed by atoms with Gasteiger partial charge in [-0.1, -0.05) is 36.4 Å². The first kappa shape index (κ1) is 53.9. The highest BCUT2D eigenvalue weighted by Crippen LogP contribution is 2.42. The number of hydrogen-bond donors (Lipinski definition) is 4. The minimum atomic E-state index is -1.05. The number of ether oxygens (including phenoxy) is 3. The van der Waals surface area contributed by atoms with Crippen LogP contribution in [0.2, 0.25) is 0 Å². The van der Waals surface area contributed by atoms with Crippen LogP contribution in [0.15, 0.2) is 113 Å². The Bertz CT molecular complexity index is 3440. The largest absolute Gasteiger partial charge is 0.493 e. The van der Waals surface area contributed by atoms with Crippen LogP contribution in [0.1, 0.15) is 88.1 Å². The number of fused-ring (bicyclic) bond motifs is 8. The summed E-state index contributed by atoms with van der Waals surface area (Å²) in [6.07, 6.45) is 8.15. The highest BCUT2D eigenvalue weighted by Gasteiger charge is 2.38. The Balaban J connectivity index is 0.798. The molecule has 0 saturated heterocycles. The standard InChI is InChI=1S/C60H59N9O11/c1-34-21-44-46(62-30-42-25-39-11-5-7-13-48(39)68(42)59(44)76)28-50(34)79-32-37-22-38(33-80-52-29-47-45(27-51(52)78-4)60(77)69-43(31-63-47)26-40-12-6-8-14-49(40)69)24-41(23-37)66-58(75)36(3)65-57(74)35(2)64-54(71)16-10-9-15-53(70)61-19-20-67-55(72)17-18-56(67)73/h5-8,11-14,17-18,21-24,27-31,35-36,42-43H,9-10,15-16,19-20,25-26,32-33H2,1-4H3,(H,61,70)(H,64,71)(H,65,74)(H,66,75)/t35-,36-,42-,43-/m0/s1. The van der Waals surface area contributed by atoms with E-state index >= 15 is 0 Å². The SMILES string of the molecule is COc1cc2c(cc1OCc1cc(COc3cc4c(cc3C)C(=O)N3c5ccccc5C[C@H]3C=N4)cc(NC(=O)[C@H](C)NC(=O)[C@H](C)NC(=O)CCCCC(=O)NCCN3C(=O)C=CC3=O)c1)N=C[C@@H]1Cc3ccccc3N1C2=O. The van der Waals surface area contributed by atoms with E-state index in [4.69, 9.17) is 24.2 Å². The minimum absolute atomic E-state index is 0.0237. The minimum Gasteiger partial charge on any atom is -0.493 e. The summed E-state index contributed by atoms with van der Waals surface area (Å²) in [6.45, 7) is 5.03. The molecule has 4 N–H and O–H groups in total. The summed E-state index contributed by atoms with van der Waals surface area (Å²) in [5.41, 5.74) is 7.91. The summed E-state index contributed by atoms with van der Waals surface area (Å²) in [5, 5.41) is 10.9. The number of nitrogens with one attached hydrogen (secondary N) is 4. The van der Waals surface area contributed by atoms with Gasteiger partial charge < -0.3 is 35.5 Å². The number of rotatable bonds is 20. The number of methoxy groups -OCH3 is 1. The predicted molar refractivity (Wildman–Crippen MR) is 298 cm³/mol. The van der Waals surface area contributed by atoms with E-state index in [1.165, 1.54) is 33.1 Å². The van der Waals surface area contributed by atoms with E-state index in [0.717, 1.165) is 27.4 Å². The summed E-state index contributed by atoms with van der Waals surface area (Å²) in [6, 6.07) is 25.3. The number of benzene rings is 5. The quantitative estimate of drug-likeness (QED) is 0.0499. The molecule has 0 aliphatic carbocycles. The van der Waals surface area contributed by atoms with E-state index in [9.17, 15) is 38.4 Å². The second-order valence-electron chi connectivity index (χ2n) is 20.2. The molecule has 10 rings (SSSR count). The van der Waals surface area contributed by atoms with Crippen molar-refractivity contribution in [2.75, 3.05) is 35.3 Å². The number of para-hydroxylation sites is 2. The lowest BCUT2D eigenvalue weighted by Gasteiger charge is -2.22. The van der Waals surface area contributed by atoms with Crippen molar-refractivity contribution in [1.29, 1.82) is 0 Å². The fourth-order valence-electron chi connectivity index (χ4n) is 10.4. The Morgan fingerprint density at radius 1 is 0.637 bits per heavy atom. The van der Waals surface area contributed by atoms with Crippen LogP contribution in [0.25, 0.3) is 0 Å². The van der Waals surface area contributed by atoms with Crippen molar-refractivity contribution in [2.24, 2.45) is 9.98 Å². The zero-order valence-electron chi connectivity index (χ0n) is 44.6. The van der Waals surface area contributed by atoms with E-state index in [1.54, 1.807) is 58.6 Å². The van der Waals surface area contributed by atoms with Crippen LogP contribution in [0.4, 0.5) is 28.4 Å². The molecule has 0 aromatic heterocycles. The third-order valence-electron chi connectivity index (χ3n) is 14.5. The molecular formula is C60H59N9O11. The van der Waals surface area contributed by atoms with Crippen LogP contribution >= 0.6 is 0 Å². The van der Waals surface area contributed by atoms with E-state index in [0.29, 0.717) is 87.8 Å². The molecule has 0 unspecified atom stereocenters. The number of aliphatic imine (C=N–C) groups is 2. The molecule has 410 valence electrons. The van der Waals surface area contributed by atoms with E-state index in [1.807, 2.05) is 61.5 Å². The summed E-state index contributed by atoms with van der Waals surface area (Å²) in [4.78, 5) is 118. The van der Waals surface area contributed by atoms with Gasteiger partial charge in [-0.15, -0.1) is 0 Å². The maximum absolute atomic E-state index is 14.1. The van der Waals surface area contributed by atoms with E-state index in [2.05, 4.69) is 21.3 Å². The molecule has 5 heterocycles. The Morgan fingerprint density at radius 3 is 1.77 bits per heavy atom. The van der Waals surface area contributed by atoms with E-state index in [-0.39, 0.29) is 69.0 Å². The van der Waals surface area contributed by atoms with Gasteiger partial charge in [-0.25, -0.2) is 0 Å². The number of carbonyl (C=O) groups is 8. The van der Waals surface area contributed by atoms with Crippen molar-refractivity contribution in [3.63, 3.8) is 0 Å². The summed E-state index contributed by atoms with van der Waals surface area (Å²) >= 11 is 0. The number of unbranched alkanes of at least 4 members (excludes halogenated alkanes) is 1. The number of imide groups is 1. The predicted octanol–water partition coefficient (Wildman–Crippen LogP) is 6.29. The van der Waals surface area contributed by atoms with Crippen LogP contribution in [0.5, 0.6) is 17.2 Å². The monoisotopic (exact) mass is 1080 g/mol. The van der Waals surface area contributed by atoms with Crippen molar-refractivity contribution in [3.8, 4) is 17.2 Å². The van der Waals surface area contributed by atoms with Crippen molar-refractivity contribution < 1.29 is 52.6 Å². The van der Waals surface area contributed by atoms with E-state index < -0.39 is 41.6 Å². The lowest BCUT2D eigenvalue weighted by atomic mass is 10.1. The maximum atomic E-state index is 14.1. The van der Waals surface area contributed by atoms with Crippen LogP contribution < -0.4 is 45.3 Å². The second-order valence-corrected chi connectivity index (χ2v) is 20.2. The molecular weight excluding hydrogens is 1020 g/mol. The van der Waals surface area contributed by atoms with Crippen LogP contribution in [0, 0.1) is 6.92 Å². The molecule has 5 aliphatic rings. The Kier molecular flexibility index (Phi) is 15.7. The van der Waals surface area contributed by atoms with Gasteiger partial charge in [0.1, 0.15) is 31.0 Å². The molecule has 0 spiro atoms. The zero-order chi connectivity index (χ0) is 56.2. The molecule has 0 fully saturated rings. The molecule has 5 aromatic rings. The third-order valence-corrected chi connectivity index (χ3v) is 14.5. The van der Waals surface area contributed by atoms with Gasteiger partial charge in [-0.05, 0) is 104 Å². The van der Waals surface area contributed by atoms with Crippen LogP contribution in [-0.2, 0) is 54.8 Å². The van der Waals surface area contributed by atoms with Crippen molar-refractivity contribution in [2.45, 2.75) is 96.7 Å². The summed E-state index contributed by atoms with van der Waals surface area (Å²) in [7, 11) is 1.49. The second kappa shape index (κ2) is 23.2. The molecule has 0 saturated carbocycles. The zero-order valence-corrected chi connectivity index (χ0v) is 44.6. The van der Waals surface area contributed by atoms with Gasteiger partial charge in [0.05, 0.1) is 41.7 Å². The lowest BCUT2D eigenvalue weighted by Crippen LogP contribution is -2.50. The maximum Gasteiger partial charge on any atom is 0.261 e.